The van der Waals surface area contributed by atoms with Crippen LogP contribution >= 0.6 is 0 Å². The molecule has 0 bridgehead atoms. The molecule has 5 aromatic rings. The van der Waals surface area contributed by atoms with Crippen molar-refractivity contribution in [3.63, 3.8) is 0 Å². The summed E-state index contributed by atoms with van der Waals surface area (Å²) < 4.78 is 71.6. The van der Waals surface area contributed by atoms with Crippen LogP contribution in [0.1, 0.15) is 20.7 Å². The number of aromatic nitrogens is 1. The molecule has 0 amide bonds. The second-order valence-electron chi connectivity index (χ2n) is 9.03. The molecule has 220 valence electrons. The number of hydrogen-bond acceptors (Lipinski definition) is 10. The Balaban J connectivity index is 1.33. The first-order valence-corrected chi connectivity index (χ1v) is 15.4. The zero-order valence-corrected chi connectivity index (χ0v) is 24.2. The maximum atomic E-state index is 12.9. The topological polar surface area (TPSA) is 171 Å². The van der Waals surface area contributed by atoms with Crippen LogP contribution in [0.5, 0.6) is 0 Å². The van der Waals surface area contributed by atoms with E-state index in [1.807, 2.05) is 0 Å². The summed E-state index contributed by atoms with van der Waals surface area (Å²) in [6.45, 7) is 0. The van der Waals surface area contributed by atoms with Gasteiger partial charge in [-0.1, -0.05) is 12.1 Å². The van der Waals surface area contributed by atoms with Crippen LogP contribution in [0, 0.1) is 0 Å². The van der Waals surface area contributed by atoms with E-state index in [0.29, 0.717) is 16.7 Å². The van der Waals surface area contributed by atoms with Crippen molar-refractivity contribution in [2.45, 2.75) is 9.79 Å². The highest BCUT2D eigenvalue weighted by Gasteiger charge is 2.19. The Bertz CT molecular complexity index is 2070. The third-order valence-corrected chi connectivity index (χ3v) is 8.91. The molecular formula is C29H23N3O9S2. The number of carbonyl (C=O) groups excluding carboxylic acids is 2. The van der Waals surface area contributed by atoms with Gasteiger partial charge < -0.3 is 13.9 Å². The molecule has 0 saturated heterocycles. The van der Waals surface area contributed by atoms with Crippen LogP contribution in [-0.2, 0) is 29.5 Å². The van der Waals surface area contributed by atoms with Crippen molar-refractivity contribution in [3.05, 3.63) is 102 Å². The van der Waals surface area contributed by atoms with Gasteiger partial charge in [0.05, 0.1) is 40.8 Å². The number of benzene rings is 4. The van der Waals surface area contributed by atoms with Gasteiger partial charge in [0.1, 0.15) is 5.52 Å². The molecule has 0 aliphatic heterocycles. The highest BCUT2D eigenvalue weighted by molar-refractivity contribution is 7.93. The average Bonchev–Trinajstić information content (AvgIpc) is 3.44. The van der Waals surface area contributed by atoms with Crippen LogP contribution in [-0.4, -0.2) is 48.0 Å². The van der Waals surface area contributed by atoms with E-state index in [1.165, 1.54) is 87.0 Å². The minimum atomic E-state index is -4.03. The number of anilines is 2. The Morgan fingerprint density at radius 3 is 1.72 bits per heavy atom. The number of oxazole rings is 1. The van der Waals surface area contributed by atoms with Gasteiger partial charge in [0.25, 0.3) is 20.0 Å². The molecule has 5 rings (SSSR count). The van der Waals surface area contributed by atoms with Crippen molar-refractivity contribution in [1.29, 1.82) is 0 Å². The largest absolute Gasteiger partial charge is 0.465 e. The van der Waals surface area contributed by atoms with Crippen molar-refractivity contribution in [1.82, 2.24) is 4.98 Å². The number of carbonyl (C=O) groups is 2. The molecule has 0 unspecified atom stereocenters. The Kier molecular flexibility index (Phi) is 7.89. The maximum absolute atomic E-state index is 12.9. The molecule has 0 fully saturated rings. The van der Waals surface area contributed by atoms with Gasteiger partial charge in [0, 0.05) is 11.3 Å². The second kappa shape index (κ2) is 11.6. The first kappa shape index (κ1) is 29.3. The van der Waals surface area contributed by atoms with E-state index in [0.717, 1.165) is 0 Å². The molecule has 0 radical (unpaired) electrons. The van der Waals surface area contributed by atoms with Gasteiger partial charge in [-0.3, -0.25) is 9.44 Å². The lowest BCUT2D eigenvalue weighted by molar-refractivity contribution is 0.0591. The third kappa shape index (κ3) is 6.34. The lowest BCUT2D eigenvalue weighted by atomic mass is 10.2. The van der Waals surface area contributed by atoms with Gasteiger partial charge in [-0.15, -0.1) is 0 Å². The number of esters is 2. The molecule has 2 N–H and O–H groups in total. The smallest absolute Gasteiger partial charge is 0.337 e. The normalized spacial score (nSPS) is 11.6. The zero-order valence-electron chi connectivity index (χ0n) is 22.6. The van der Waals surface area contributed by atoms with E-state index in [9.17, 15) is 26.4 Å². The van der Waals surface area contributed by atoms with Crippen molar-refractivity contribution in [3.8, 4) is 11.5 Å². The van der Waals surface area contributed by atoms with Crippen molar-refractivity contribution >= 4 is 54.5 Å². The summed E-state index contributed by atoms with van der Waals surface area (Å²) in [6, 6.07) is 21.7. The number of rotatable bonds is 9. The highest BCUT2D eigenvalue weighted by Crippen LogP contribution is 2.29. The molecule has 0 atom stereocenters. The fourth-order valence-electron chi connectivity index (χ4n) is 4.04. The Labute approximate surface area is 246 Å². The Morgan fingerprint density at radius 2 is 1.19 bits per heavy atom. The fourth-order valence-corrected chi connectivity index (χ4v) is 6.24. The van der Waals surface area contributed by atoms with Gasteiger partial charge in [0.2, 0.25) is 5.89 Å². The van der Waals surface area contributed by atoms with E-state index in [1.54, 1.807) is 18.2 Å². The number of fused-ring (bicyclic) bond motifs is 1. The zero-order chi connectivity index (χ0) is 30.8. The highest BCUT2D eigenvalue weighted by atomic mass is 32.2. The van der Waals surface area contributed by atoms with Crippen LogP contribution in [0.25, 0.3) is 22.6 Å². The van der Waals surface area contributed by atoms with Crippen LogP contribution in [0.3, 0.4) is 0 Å². The molecule has 0 saturated carbocycles. The summed E-state index contributed by atoms with van der Waals surface area (Å²) in [7, 11) is -5.63. The number of hydrogen-bond donors (Lipinski definition) is 2. The maximum Gasteiger partial charge on any atom is 0.337 e. The molecule has 0 aliphatic carbocycles. The lowest BCUT2D eigenvalue weighted by Crippen LogP contribution is -2.14. The number of ether oxygens (including phenoxy) is 2. The molecule has 14 heteroatoms. The predicted octanol–water partition coefficient (Wildman–Crippen LogP) is 4.67. The second-order valence-corrected chi connectivity index (χ2v) is 12.4. The first-order valence-electron chi connectivity index (χ1n) is 12.4. The Morgan fingerprint density at radius 1 is 0.674 bits per heavy atom. The van der Waals surface area contributed by atoms with Crippen LogP contribution in [0.4, 0.5) is 11.4 Å². The van der Waals surface area contributed by atoms with E-state index in [2.05, 4.69) is 23.9 Å². The average molecular weight is 622 g/mol. The number of methoxy groups -OCH3 is 2. The minimum absolute atomic E-state index is 0.0913. The quantitative estimate of drug-likeness (QED) is 0.220. The molecule has 0 spiro atoms. The molecule has 0 aliphatic rings. The van der Waals surface area contributed by atoms with Gasteiger partial charge in [-0.25, -0.2) is 31.4 Å². The number of nitrogens with one attached hydrogen (secondary N) is 2. The van der Waals surface area contributed by atoms with Crippen molar-refractivity contribution in [2.75, 3.05) is 23.7 Å². The summed E-state index contributed by atoms with van der Waals surface area (Å²) in [5, 5.41) is 0. The van der Waals surface area contributed by atoms with Gasteiger partial charge >= 0.3 is 11.9 Å². The number of sulfonamides is 2. The van der Waals surface area contributed by atoms with E-state index >= 15 is 0 Å². The fraction of sp³-hybridized carbons (Fsp3) is 0.0690. The van der Waals surface area contributed by atoms with E-state index in [4.69, 9.17) is 4.42 Å². The Hall–Kier alpha value is -5.21. The molecule has 1 aromatic heterocycles. The van der Waals surface area contributed by atoms with E-state index < -0.39 is 32.0 Å². The van der Waals surface area contributed by atoms with Crippen LogP contribution in [0.2, 0.25) is 0 Å². The van der Waals surface area contributed by atoms with Crippen LogP contribution < -0.4 is 9.44 Å². The summed E-state index contributed by atoms with van der Waals surface area (Å²) in [6.07, 6.45) is 0. The number of nitrogens with zero attached hydrogens (tertiary/aromatic N) is 1. The SMILES string of the molecule is COC(=O)c1cccc(S(=O)(=O)Nc2ccc(-c3nc4cc(NS(=O)(=O)c5cccc(C(=O)OC)c5)ccc4o3)cc2)c1. The van der Waals surface area contributed by atoms with Gasteiger partial charge in [0.15, 0.2) is 5.58 Å². The standard InChI is InChI=1S/C29H23N3O9S2/c1-39-28(33)19-5-3-7-23(15-19)42(35,36)31-21-11-9-18(10-12-21)27-30-25-17-22(13-14-26(25)41-27)32-43(37,38)24-8-4-6-20(16-24)29(34)40-2/h3-17,31-32H,1-2H3. The monoisotopic (exact) mass is 621 g/mol. The van der Waals surface area contributed by atoms with Crippen molar-refractivity contribution in [2.24, 2.45) is 0 Å². The molecule has 43 heavy (non-hydrogen) atoms. The molecular weight excluding hydrogens is 598 g/mol. The molecule has 12 nitrogen and oxygen atoms in total. The summed E-state index contributed by atoms with van der Waals surface area (Å²) >= 11 is 0. The minimum Gasteiger partial charge on any atom is -0.465 e. The van der Waals surface area contributed by atoms with Gasteiger partial charge in [-0.05, 0) is 78.9 Å². The molecule has 4 aromatic carbocycles. The lowest BCUT2D eigenvalue weighted by Gasteiger charge is -2.09. The summed E-state index contributed by atoms with van der Waals surface area (Å²) in [4.78, 5) is 27.8. The van der Waals surface area contributed by atoms with Gasteiger partial charge in [-0.2, -0.15) is 0 Å². The third-order valence-electron chi connectivity index (χ3n) is 6.15. The summed E-state index contributed by atoms with van der Waals surface area (Å²) in [5.74, 6) is -1.10. The van der Waals surface area contributed by atoms with E-state index in [-0.39, 0.29) is 38.2 Å². The summed E-state index contributed by atoms with van der Waals surface area (Å²) in [5.41, 5.74) is 1.96. The first-order chi connectivity index (χ1) is 20.5. The van der Waals surface area contributed by atoms with Crippen LogP contribution in [0.15, 0.2) is 105 Å². The molecule has 1 heterocycles. The predicted molar refractivity (Wildman–Crippen MR) is 157 cm³/mol. The van der Waals surface area contributed by atoms with Crippen molar-refractivity contribution < 1.29 is 40.3 Å².